The largest absolute Gasteiger partial charge is 0.383 e. The lowest BCUT2D eigenvalue weighted by Crippen LogP contribution is -2.44. The highest BCUT2D eigenvalue weighted by Crippen LogP contribution is 2.27. The van der Waals surface area contributed by atoms with E-state index in [0.717, 1.165) is 48.1 Å². The van der Waals surface area contributed by atoms with E-state index in [1.165, 1.54) is 10.9 Å². The van der Waals surface area contributed by atoms with Crippen LogP contribution in [0.15, 0.2) is 36.7 Å². The number of methoxy groups -OCH3 is 1. The van der Waals surface area contributed by atoms with Crippen LogP contribution >= 0.6 is 11.3 Å². The molecular weight excluding hydrogens is 386 g/mol. The Balaban J connectivity index is 1.41. The monoisotopic (exact) mass is 415 g/mol. The number of fused-ring (bicyclic) bond motifs is 1. The van der Waals surface area contributed by atoms with Crippen molar-refractivity contribution in [1.82, 2.24) is 20.2 Å². The van der Waals surface area contributed by atoms with Crippen molar-refractivity contribution in [1.29, 1.82) is 0 Å². The van der Waals surface area contributed by atoms with E-state index in [-0.39, 0.29) is 6.04 Å². The summed E-state index contributed by atoms with van der Waals surface area (Å²) < 4.78 is 5.40. The highest BCUT2D eigenvalue weighted by molar-refractivity contribution is 7.15. The highest BCUT2D eigenvalue weighted by atomic mass is 32.1. The van der Waals surface area contributed by atoms with Crippen LogP contribution in [-0.4, -0.2) is 73.0 Å². The molecule has 1 fully saturated rings. The molecule has 0 spiro atoms. The summed E-state index contributed by atoms with van der Waals surface area (Å²) in [5.74, 6) is 0. The van der Waals surface area contributed by atoms with Gasteiger partial charge in [-0.3, -0.25) is 5.32 Å². The molecule has 2 aromatic heterocycles. The van der Waals surface area contributed by atoms with Gasteiger partial charge < -0.3 is 24.6 Å². The molecular formula is C21H29N5O2S. The summed E-state index contributed by atoms with van der Waals surface area (Å²) in [4.78, 5) is 13.3. The van der Waals surface area contributed by atoms with Crippen molar-refractivity contribution in [3.63, 3.8) is 0 Å². The Kier molecular flexibility index (Phi) is 6.46. The van der Waals surface area contributed by atoms with Gasteiger partial charge in [0, 0.05) is 62.6 Å². The van der Waals surface area contributed by atoms with Gasteiger partial charge in [-0.2, -0.15) is 0 Å². The molecule has 1 aromatic carbocycles. The van der Waals surface area contributed by atoms with Crippen LogP contribution in [-0.2, 0) is 11.2 Å². The fourth-order valence-corrected chi connectivity index (χ4v) is 4.70. The normalized spacial score (nSPS) is 17.7. The number of hydrogen-bond acceptors (Lipinski definition) is 7. The molecule has 0 radical (unpaired) electrons. The number of aromatic nitrogens is 2. The van der Waals surface area contributed by atoms with Gasteiger partial charge in [-0.1, -0.05) is 29.5 Å². The van der Waals surface area contributed by atoms with Gasteiger partial charge in [-0.05, 0) is 25.1 Å². The number of hydrogen-bond donors (Lipinski definition) is 3. The smallest absolute Gasteiger partial charge is 0.185 e. The van der Waals surface area contributed by atoms with Gasteiger partial charge in [0.25, 0.3) is 0 Å². The van der Waals surface area contributed by atoms with Crippen LogP contribution in [0, 0.1) is 0 Å². The summed E-state index contributed by atoms with van der Waals surface area (Å²) >= 11 is 1.56. The van der Waals surface area contributed by atoms with Crippen LogP contribution < -0.4 is 10.2 Å². The lowest BCUT2D eigenvalue weighted by molar-refractivity contribution is 0.0921. The first-order valence-electron chi connectivity index (χ1n) is 10.0. The summed E-state index contributed by atoms with van der Waals surface area (Å²) in [6.07, 6.45) is 3.82. The molecule has 3 aromatic rings. The Labute approximate surface area is 175 Å². The zero-order valence-corrected chi connectivity index (χ0v) is 17.8. The zero-order chi connectivity index (χ0) is 20.2. The number of nitrogens with one attached hydrogen (secondary N) is 2. The second-order valence-corrected chi connectivity index (χ2v) is 8.66. The number of piperazine rings is 1. The van der Waals surface area contributed by atoms with Gasteiger partial charge in [0.2, 0.25) is 0 Å². The Hall–Kier alpha value is -1.97. The lowest BCUT2D eigenvalue weighted by atomic mass is 10.1. The average Bonchev–Trinajstić information content (AvgIpc) is 3.37. The van der Waals surface area contributed by atoms with Crippen molar-refractivity contribution >= 4 is 27.4 Å². The quantitative estimate of drug-likeness (QED) is 0.490. The number of H-pyrrole nitrogens is 1. The number of aliphatic hydroxyl groups excluding tert-OH is 1. The van der Waals surface area contributed by atoms with Crippen LogP contribution in [0.5, 0.6) is 0 Å². The van der Waals surface area contributed by atoms with Crippen molar-refractivity contribution in [2.24, 2.45) is 0 Å². The molecule has 0 saturated carbocycles. The van der Waals surface area contributed by atoms with Crippen molar-refractivity contribution in [3.05, 3.63) is 47.1 Å². The third-order valence-corrected chi connectivity index (χ3v) is 6.57. The molecule has 156 valence electrons. The predicted octanol–water partition coefficient (Wildman–Crippen LogP) is 2.21. The number of para-hydroxylation sites is 1. The molecule has 0 bridgehead atoms. The number of aliphatic hydroxyl groups is 1. The van der Waals surface area contributed by atoms with Crippen LogP contribution in [0.3, 0.4) is 0 Å². The van der Waals surface area contributed by atoms with E-state index in [1.54, 1.807) is 24.6 Å². The highest BCUT2D eigenvalue weighted by Gasteiger charge is 2.21. The van der Waals surface area contributed by atoms with Gasteiger partial charge >= 0.3 is 0 Å². The topological polar surface area (TPSA) is 76.6 Å². The first kappa shape index (κ1) is 20.3. The summed E-state index contributed by atoms with van der Waals surface area (Å²) in [7, 11) is 3.83. The number of aromatic amines is 1. The van der Waals surface area contributed by atoms with E-state index in [4.69, 9.17) is 4.74 Å². The van der Waals surface area contributed by atoms with Crippen molar-refractivity contribution < 1.29 is 9.84 Å². The maximum absolute atomic E-state index is 10.8. The molecule has 29 heavy (non-hydrogen) atoms. The minimum absolute atomic E-state index is 0.0107. The molecule has 1 aliphatic heterocycles. The van der Waals surface area contributed by atoms with Crippen LogP contribution in [0.25, 0.3) is 10.9 Å². The summed E-state index contributed by atoms with van der Waals surface area (Å²) in [6, 6.07) is 8.25. The molecule has 0 aliphatic carbocycles. The van der Waals surface area contributed by atoms with E-state index in [2.05, 4.69) is 44.3 Å². The maximum atomic E-state index is 10.8. The second kappa shape index (κ2) is 9.23. The Morgan fingerprint density at radius 3 is 2.86 bits per heavy atom. The van der Waals surface area contributed by atoms with Crippen molar-refractivity contribution in [2.45, 2.75) is 18.7 Å². The van der Waals surface area contributed by atoms with E-state index in [9.17, 15) is 5.11 Å². The van der Waals surface area contributed by atoms with E-state index in [1.807, 2.05) is 18.3 Å². The number of ether oxygens (including phenoxy) is 1. The van der Waals surface area contributed by atoms with Gasteiger partial charge in [0.1, 0.15) is 6.23 Å². The Morgan fingerprint density at radius 2 is 2.07 bits per heavy atom. The van der Waals surface area contributed by atoms with Crippen LogP contribution in [0.2, 0.25) is 0 Å². The number of anilines is 1. The summed E-state index contributed by atoms with van der Waals surface area (Å²) in [5.41, 5.74) is 2.34. The molecule has 3 N–H and O–H groups in total. The number of likely N-dealkylation sites (N-methyl/N-ethyl adjacent to an activating group) is 1. The fourth-order valence-electron chi connectivity index (χ4n) is 3.79. The second-order valence-electron chi connectivity index (χ2n) is 7.62. The number of benzene rings is 1. The number of nitrogens with zero attached hydrogens (tertiary/aromatic N) is 3. The van der Waals surface area contributed by atoms with Gasteiger partial charge in [0.15, 0.2) is 5.13 Å². The maximum Gasteiger partial charge on any atom is 0.185 e. The molecule has 3 heterocycles. The van der Waals surface area contributed by atoms with Crippen LogP contribution in [0.4, 0.5) is 5.13 Å². The average molecular weight is 416 g/mol. The van der Waals surface area contributed by atoms with Gasteiger partial charge in [-0.25, -0.2) is 4.98 Å². The molecule has 7 nitrogen and oxygen atoms in total. The summed E-state index contributed by atoms with van der Waals surface area (Å²) in [5, 5.41) is 16.3. The first-order valence-corrected chi connectivity index (χ1v) is 10.8. The standard InChI is InChI=1S/C21H29N5O2S/c1-25-7-9-26(10-8-25)21-23-13-19(29-21)20(27)24-16(14-28-2)11-15-12-22-18-6-4-3-5-17(15)18/h3-6,12-13,16,20,22,24,27H,7-11,14H2,1-2H3. The predicted molar refractivity (Wildman–Crippen MR) is 118 cm³/mol. The molecule has 1 saturated heterocycles. The van der Waals surface area contributed by atoms with E-state index < -0.39 is 6.23 Å². The van der Waals surface area contributed by atoms with Gasteiger partial charge in [0.05, 0.1) is 11.5 Å². The SMILES string of the molecule is COCC(Cc1c[nH]c2ccccc12)NC(O)c1cnc(N2CCN(C)CC2)s1. The summed E-state index contributed by atoms with van der Waals surface area (Å²) in [6.45, 7) is 4.53. The molecule has 8 heteroatoms. The molecule has 4 rings (SSSR count). The first-order chi connectivity index (χ1) is 14.1. The fraction of sp³-hybridized carbons (Fsp3) is 0.476. The minimum Gasteiger partial charge on any atom is -0.383 e. The Bertz CT molecular complexity index is 919. The third-order valence-electron chi connectivity index (χ3n) is 5.46. The van der Waals surface area contributed by atoms with Crippen molar-refractivity contribution in [2.75, 3.05) is 51.8 Å². The third kappa shape index (κ3) is 4.79. The molecule has 2 atom stereocenters. The van der Waals surface area contributed by atoms with E-state index in [0.29, 0.717) is 6.61 Å². The molecule has 0 amide bonds. The molecule has 2 unspecified atom stereocenters. The zero-order valence-electron chi connectivity index (χ0n) is 17.0. The van der Waals surface area contributed by atoms with E-state index >= 15 is 0 Å². The number of rotatable bonds is 8. The van der Waals surface area contributed by atoms with Crippen LogP contribution in [0.1, 0.15) is 16.7 Å². The lowest BCUT2D eigenvalue weighted by Gasteiger charge is -2.32. The molecule has 1 aliphatic rings. The Morgan fingerprint density at radius 1 is 1.28 bits per heavy atom. The van der Waals surface area contributed by atoms with Crippen molar-refractivity contribution in [3.8, 4) is 0 Å². The van der Waals surface area contributed by atoms with Gasteiger partial charge in [-0.15, -0.1) is 0 Å². The number of thiazole rings is 1. The minimum atomic E-state index is -0.765.